The van der Waals surface area contributed by atoms with Gasteiger partial charge in [-0.05, 0) is 43.4 Å². The highest BCUT2D eigenvalue weighted by Gasteiger charge is 2.30. The number of unbranched alkanes of at least 4 members (excludes halogenated alkanes) is 45. The third kappa shape index (κ3) is 72.8. The molecule has 0 saturated carbocycles. The lowest BCUT2D eigenvalue weighted by atomic mass is 9.99. The van der Waals surface area contributed by atoms with Crippen molar-refractivity contribution in [1.29, 1.82) is 0 Å². The van der Waals surface area contributed by atoms with Crippen LogP contribution in [0.1, 0.15) is 414 Å². The van der Waals surface area contributed by atoms with Gasteiger partial charge in [0.1, 0.15) is 19.3 Å². The lowest BCUT2D eigenvalue weighted by molar-refractivity contribution is -0.161. The van der Waals surface area contributed by atoms with E-state index in [1.165, 1.54) is 218 Å². The molecule has 0 bridgehead atoms. The smallest absolute Gasteiger partial charge is 0.462 e. The predicted molar refractivity (Wildman–Crippen MR) is 405 cm³/mol. The monoisotopic (exact) mass is 1450 g/mol. The molecule has 99 heavy (non-hydrogen) atoms. The van der Waals surface area contributed by atoms with Crippen molar-refractivity contribution in [3.05, 3.63) is 0 Å². The molecule has 3 N–H and O–H groups in total. The standard InChI is InChI=1S/C80H156O17P2/c1-8-10-11-12-13-14-15-16-17-18-19-20-21-22-25-29-35-40-49-56-63-79(84)96-75(67-90-77(82)61-54-47-39-34-28-26-23-24-27-32-37-44-51-58-71(3)4)69-94-98(86,87)92-65-74(81)66-93-99(88,89)95-70-76(68-91-78(83)62-55-48-43-42-45-52-59-72(5)6)97-80(85)64-57-50-41-36-31-30-33-38-46-53-60-73(7)9-2/h71-76,81H,8-70H2,1-7H3,(H,86,87)(H,88,89)/t73?,74-,75-,76-/m1/s1. The molecule has 588 valence electrons. The number of esters is 4. The van der Waals surface area contributed by atoms with Crippen LogP contribution in [-0.4, -0.2) is 96.7 Å². The second-order valence-corrected chi connectivity index (χ2v) is 32.9. The molecule has 0 aromatic carbocycles. The summed E-state index contributed by atoms with van der Waals surface area (Å²) in [5.74, 6) is 0.158. The van der Waals surface area contributed by atoms with Gasteiger partial charge < -0.3 is 33.8 Å². The van der Waals surface area contributed by atoms with Gasteiger partial charge in [-0.1, -0.05) is 363 Å². The van der Waals surface area contributed by atoms with E-state index in [0.29, 0.717) is 31.6 Å². The third-order valence-electron chi connectivity index (χ3n) is 19.0. The molecule has 0 radical (unpaired) electrons. The number of hydrogen-bond donors (Lipinski definition) is 3. The van der Waals surface area contributed by atoms with E-state index in [1.54, 1.807) is 0 Å². The van der Waals surface area contributed by atoms with E-state index < -0.39 is 97.5 Å². The third-order valence-corrected chi connectivity index (χ3v) is 20.9. The van der Waals surface area contributed by atoms with Gasteiger partial charge in [0.25, 0.3) is 0 Å². The Hall–Kier alpha value is -1.94. The first-order valence-corrected chi connectivity index (χ1v) is 44.4. The second kappa shape index (κ2) is 70.4. The normalized spacial score (nSPS) is 14.3. The van der Waals surface area contributed by atoms with E-state index in [0.717, 1.165) is 108 Å². The van der Waals surface area contributed by atoms with Crippen molar-refractivity contribution in [2.45, 2.75) is 433 Å². The van der Waals surface area contributed by atoms with E-state index in [-0.39, 0.29) is 25.7 Å². The van der Waals surface area contributed by atoms with Crippen molar-refractivity contribution in [3.8, 4) is 0 Å². The zero-order chi connectivity index (χ0) is 73.0. The summed E-state index contributed by atoms with van der Waals surface area (Å²) in [6, 6.07) is 0. The molecule has 19 heteroatoms. The van der Waals surface area contributed by atoms with E-state index in [2.05, 4.69) is 48.5 Å². The molecule has 0 aliphatic carbocycles. The lowest BCUT2D eigenvalue weighted by Gasteiger charge is -2.21. The molecule has 3 unspecified atom stereocenters. The molecule has 0 aromatic rings. The minimum atomic E-state index is -4.96. The molecule has 0 saturated heterocycles. The van der Waals surface area contributed by atoms with E-state index in [1.807, 2.05) is 0 Å². The molecule has 0 aromatic heterocycles. The van der Waals surface area contributed by atoms with E-state index >= 15 is 0 Å². The topological polar surface area (TPSA) is 237 Å². The summed E-state index contributed by atoms with van der Waals surface area (Å²) in [5, 5.41) is 10.6. The minimum absolute atomic E-state index is 0.105. The first-order chi connectivity index (χ1) is 47.8. The highest BCUT2D eigenvalue weighted by Crippen LogP contribution is 2.45. The average Bonchev–Trinajstić information content (AvgIpc) is 1.24. The van der Waals surface area contributed by atoms with Gasteiger partial charge in [-0.3, -0.25) is 37.3 Å². The average molecular weight is 1450 g/mol. The maximum Gasteiger partial charge on any atom is 0.472 e. The molecule has 0 spiro atoms. The maximum absolute atomic E-state index is 13.1. The SMILES string of the molecule is CCCCCCCCCCCCCCCCCCCCCCC(=O)O[C@H](COC(=O)CCCCCCCCCCCCCCCC(C)C)COP(=O)(O)OC[C@@H](O)COP(=O)(O)OC[C@@H](COC(=O)CCCCCCCCC(C)C)OC(=O)CCCCCCCCCCCCC(C)CC. The predicted octanol–water partition coefficient (Wildman–Crippen LogP) is 23.7. The van der Waals surface area contributed by atoms with Crippen molar-refractivity contribution in [2.24, 2.45) is 17.8 Å². The summed E-state index contributed by atoms with van der Waals surface area (Å²) in [6.45, 7) is 11.9. The van der Waals surface area contributed by atoms with E-state index in [9.17, 15) is 43.2 Å². The van der Waals surface area contributed by atoms with Crippen LogP contribution >= 0.6 is 15.6 Å². The first kappa shape index (κ1) is 97.1. The first-order valence-electron chi connectivity index (χ1n) is 41.4. The van der Waals surface area contributed by atoms with Crippen molar-refractivity contribution < 1.29 is 80.2 Å². The van der Waals surface area contributed by atoms with Crippen LogP contribution in [0.15, 0.2) is 0 Å². The highest BCUT2D eigenvalue weighted by atomic mass is 31.2. The summed E-state index contributed by atoms with van der Waals surface area (Å²) in [6.07, 6.45) is 58.4. The Kier molecular flexibility index (Phi) is 69.0. The fourth-order valence-electron chi connectivity index (χ4n) is 12.3. The summed E-state index contributed by atoms with van der Waals surface area (Å²) in [7, 11) is -9.92. The highest BCUT2D eigenvalue weighted by molar-refractivity contribution is 7.47. The second-order valence-electron chi connectivity index (χ2n) is 30.0. The van der Waals surface area contributed by atoms with Crippen LogP contribution in [0, 0.1) is 17.8 Å². The summed E-state index contributed by atoms with van der Waals surface area (Å²) < 4.78 is 68.6. The molecular weight excluding hydrogens is 1290 g/mol. The van der Waals surface area contributed by atoms with Gasteiger partial charge in [0.2, 0.25) is 0 Å². The molecule has 0 amide bonds. The van der Waals surface area contributed by atoms with Crippen LogP contribution in [0.4, 0.5) is 0 Å². The van der Waals surface area contributed by atoms with E-state index in [4.69, 9.17) is 37.0 Å². The molecule has 0 aliphatic rings. The van der Waals surface area contributed by atoms with Gasteiger partial charge in [0.15, 0.2) is 12.2 Å². The van der Waals surface area contributed by atoms with Gasteiger partial charge in [-0.15, -0.1) is 0 Å². The van der Waals surface area contributed by atoms with Crippen molar-refractivity contribution in [1.82, 2.24) is 0 Å². The molecule has 0 aliphatic heterocycles. The van der Waals surface area contributed by atoms with Crippen LogP contribution in [0.5, 0.6) is 0 Å². The fourth-order valence-corrected chi connectivity index (χ4v) is 13.9. The Morgan fingerprint density at radius 1 is 0.293 bits per heavy atom. The van der Waals surface area contributed by atoms with Crippen LogP contribution in [0.2, 0.25) is 0 Å². The number of carbonyl (C=O) groups excluding carboxylic acids is 4. The van der Waals surface area contributed by atoms with Crippen LogP contribution in [-0.2, 0) is 65.4 Å². The number of phosphoric acid groups is 2. The summed E-state index contributed by atoms with van der Waals surface area (Å²) in [4.78, 5) is 72.9. The molecule has 0 fully saturated rings. The van der Waals surface area contributed by atoms with Crippen LogP contribution in [0.3, 0.4) is 0 Å². The quantitative estimate of drug-likeness (QED) is 0.0222. The number of carbonyl (C=O) groups is 4. The van der Waals surface area contributed by atoms with Crippen molar-refractivity contribution in [3.63, 3.8) is 0 Å². The molecule has 0 rings (SSSR count). The maximum atomic E-state index is 13.1. The lowest BCUT2D eigenvalue weighted by Crippen LogP contribution is -2.30. The van der Waals surface area contributed by atoms with Gasteiger partial charge >= 0.3 is 39.5 Å². The van der Waals surface area contributed by atoms with Gasteiger partial charge in [-0.25, -0.2) is 9.13 Å². The van der Waals surface area contributed by atoms with Crippen molar-refractivity contribution >= 4 is 39.5 Å². The molecule has 0 heterocycles. The number of aliphatic hydroxyl groups is 1. The Bertz CT molecular complexity index is 1920. The number of phosphoric ester groups is 2. The summed E-state index contributed by atoms with van der Waals surface area (Å²) in [5.41, 5.74) is 0. The Labute approximate surface area is 607 Å². The molecule has 17 nitrogen and oxygen atoms in total. The molecule has 6 atom stereocenters. The Morgan fingerprint density at radius 2 is 0.515 bits per heavy atom. The zero-order valence-corrected chi connectivity index (χ0v) is 66.8. The summed E-state index contributed by atoms with van der Waals surface area (Å²) >= 11 is 0. The van der Waals surface area contributed by atoms with Crippen LogP contribution < -0.4 is 0 Å². The van der Waals surface area contributed by atoms with Crippen molar-refractivity contribution in [2.75, 3.05) is 39.6 Å². The number of ether oxygens (including phenoxy) is 4. The van der Waals surface area contributed by atoms with Gasteiger partial charge in [0, 0.05) is 25.7 Å². The van der Waals surface area contributed by atoms with Crippen LogP contribution in [0.25, 0.3) is 0 Å². The number of hydrogen-bond acceptors (Lipinski definition) is 15. The van der Waals surface area contributed by atoms with Gasteiger partial charge in [0.05, 0.1) is 26.4 Å². The zero-order valence-electron chi connectivity index (χ0n) is 65.0. The number of aliphatic hydroxyl groups excluding tert-OH is 1. The molecular formula is C80H156O17P2. The Balaban J connectivity index is 5.23. The Morgan fingerprint density at radius 3 is 0.768 bits per heavy atom. The largest absolute Gasteiger partial charge is 0.472 e. The fraction of sp³-hybridized carbons (Fsp3) is 0.950. The van der Waals surface area contributed by atoms with Gasteiger partial charge in [-0.2, -0.15) is 0 Å². The number of rotatable bonds is 78. The minimum Gasteiger partial charge on any atom is -0.462 e.